The Morgan fingerprint density at radius 2 is 2.04 bits per heavy atom. The Bertz CT molecular complexity index is 588. The summed E-state index contributed by atoms with van der Waals surface area (Å²) in [4.78, 5) is 35.8. The van der Waals surface area contributed by atoms with Crippen LogP contribution in [-0.2, 0) is 14.4 Å². The highest BCUT2D eigenvalue weighted by atomic mass is 16.5. The molecule has 1 aromatic carbocycles. The molecule has 1 saturated heterocycles. The van der Waals surface area contributed by atoms with Crippen molar-refractivity contribution in [3.05, 3.63) is 24.3 Å². The second-order valence-electron chi connectivity index (χ2n) is 5.27. The Kier molecular flexibility index (Phi) is 5.96. The third kappa shape index (κ3) is 5.28. The maximum absolute atomic E-state index is 11.7. The van der Waals surface area contributed by atoms with Crippen LogP contribution in [0.5, 0.6) is 5.75 Å². The topological polar surface area (TPSA) is 87.7 Å². The Balaban J connectivity index is 1.78. The average Bonchev–Trinajstić information content (AvgIpc) is 2.96. The molecule has 0 aromatic heterocycles. The summed E-state index contributed by atoms with van der Waals surface area (Å²) >= 11 is 0. The maximum atomic E-state index is 11.7. The summed E-state index contributed by atoms with van der Waals surface area (Å²) in [5, 5.41) is 5.23. The first-order valence-corrected chi connectivity index (χ1v) is 7.60. The second-order valence-corrected chi connectivity index (χ2v) is 5.27. The van der Waals surface area contributed by atoms with E-state index in [4.69, 9.17) is 4.74 Å². The van der Waals surface area contributed by atoms with E-state index >= 15 is 0 Å². The number of amides is 3. The Hall–Kier alpha value is -2.57. The van der Waals surface area contributed by atoms with Crippen LogP contribution in [0.3, 0.4) is 0 Å². The lowest BCUT2D eigenvalue weighted by atomic mass is 10.3. The normalized spacial score (nSPS) is 13.8. The van der Waals surface area contributed by atoms with E-state index in [1.54, 1.807) is 23.1 Å². The maximum Gasteiger partial charge on any atom is 0.258 e. The number of carbonyl (C=O) groups is 3. The SMILES string of the molecule is CC(=O)NCCNC(=O)COc1cccc(N2CCCC2=O)c1. The molecule has 2 rings (SSSR count). The van der Waals surface area contributed by atoms with E-state index in [0.717, 1.165) is 12.1 Å². The van der Waals surface area contributed by atoms with Crippen LogP contribution in [0.1, 0.15) is 19.8 Å². The van der Waals surface area contributed by atoms with Gasteiger partial charge in [-0.2, -0.15) is 0 Å². The van der Waals surface area contributed by atoms with Gasteiger partial charge in [-0.1, -0.05) is 6.07 Å². The van der Waals surface area contributed by atoms with Crippen LogP contribution >= 0.6 is 0 Å². The summed E-state index contributed by atoms with van der Waals surface area (Å²) < 4.78 is 5.44. The highest BCUT2D eigenvalue weighted by molar-refractivity contribution is 5.95. The second kappa shape index (κ2) is 8.17. The lowest BCUT2D eigenvalue weighted by Gasteiger charge is -2.16. The zero-order valence-corrected chi connectivity index (χ0v) is 13.1. The molecule has 0 atom stereocenters. The van der Waals surface area contributed by atoms with Crippen LogP contribution in [0.4, 0.5) is 5.69 Å². The molecular formula is C16H21N3O4. The molecule has 2 N–H and O–H groups in total. The lowest BCUT2D eigenvalue weighted by molar-refractivity contribution is -0.123. The first-order chi connectivity index (χ1) is 11.1. The number of rotatable bonds is 7. The molecule has 7 nitrogen and oxygen atoms in total. The van der Waals surface area contributed by atoms with E-state index < -0.39 is 0 Å². The summed E-state index contributed by atoms with van der Waals surface area (Å²) in [7, 11) is 0. The van der Waals surface area contributed by atoms with Gasteiger partial charge in [0.05, 0.1) is 0 Å². The first-order valence-electron chi connectivity index (χ1n) is 7.60. The van der Waals surface area contributed by atoms with Crippen LogP contribution in [0, 0.1) is 0 Å². The molecule has 0 unspecified atom stereocenters. The van der Waals surface area contributed by atoms with Crippen molar-refractivity contribution in [2.75, 3.05) is 31.1 Å². The van der Waals surface area contributed by atoms with E-state index in [-0.39, 0.29) is 24.3 Å². The molecule has 23 heavy (non-hydrogen) atoms. The third-order valence-corrected chi connectivity index (χ3v) is 3.39. The number of hydrogen-bond donors (Lipinski definition) is 2. The predicted molar refractivity (Wildman–Crippen MR) is 85.2 cm³/mol. The average molecular weight is 319 g/mol. The van der Waals surface area contributed by atoms with Crippen LogP contribution in [-0.4, -0.2) is 44.0 Å². The fourth-order valence-electron chi connectivity index (χ4n) is 2.30. The Morgan fingerprint density at radius 3 is 2.74 bits per heavy atom. The van der Waals surface area contributed by atoms with Crippen LogP contribution in [0.25, 0.3) is 0 Å². The van der Waals surface area contributed by atoms with Crippen molar-refractivity contribution < 1.29 is 19.1 Å². The molecule has 0 saturated carbocycles. The minimum atomic E-state index is -0.266. The Morgan fingerprint density at radius 1 is 1.26 bits per heavy atom. The molecule has 0 aliphatic carbocycles. The standard InChI is InChI=1S/C16H21N3O4/c1-12(20)17-7-8-18-15(21)11-23-14-5-2-4-13(10-14)19-9-3-6-16(19)22/h2,4-5,10H,3,6-9,11H2,1H3,(H,17,20)(H,18,21). The van der Waals surface area contributed by atoms with Crippen molar-refractivity contribution in [3.63, 3.8) is 0 Å². The van der Waals surface area contributed by atoms with Gasteiger partial charge in [0.15, 0.2) is 6.61 Å². The highest BCUT2D eigenvalue weighted by Crippen LogP contribution is 2.25. The van der Waals surface area contributed by atoms with Gasteiger partial charge in [0, 0.05) is 44.7 Å². The van der Waals surface area contributed by atoms with Gasteiger partial charge in [0.25, 0.3) is 5.91 Å². The van der Waals surface area contributed by atoms with Crippen molar-refractivity contribution in [3.8, 4) is 5.75 Å². The van der Waals surface area contributed by atoms with E-state index in [0.29, 0.717) is 31.8 Å². The fraction of sp³-hybridized carbons (Fsp3) is 0.438. The molecule has 0 spiro atoms. The largest absolute Gasteiger partial charge is 0.484 e. The molecule has 1 aliphatic rings. The molecule has 1 fully saturated rings. The molecular weight excluding hydrogens is 298 g/mol. The van der Waals surface area contributed by atoms with E-state index in [2.05, 4.69) is 10.6 Å². The number of benzene rings is 1. The smallest absolute Gasteiger partial charge is 0.258 e. The first kappa shape index (κ1) is 16.8. The van der Waals surface area contributed by atoms with Gasteiger partial charge in [-0.15, -0.1) is 0 Å². The number of hydrogen-bond acceptors (Lipinski definition) is 4. The van der Waals surface area contributed by atoms with Crippen molar-refractivity contribution in [1.29, 1.82) is 0 Å². The quantitative estimate of drug-likeness (QED) is 0.714. The molecule has 1 aliphatic heterocycles. The molecule has 1 aromatic rings. The summed E-state index contributed by atoms with van der Waals surface area (Å²) in [5.74, 6) is 0.249. The summed E-state index contributed by atoms with van der Waals surface area (Å²) in [6, 6.07) is 7.15. The van der Waals surface area contributed by atoms with Crippen molar-refractivity contribution in [2.24, 2.45) is 0 Å². The van der Waals surface area contributed by atoms with E-state index in [9.17, 15) is 14.4 Å². The summed E-state index contributed by atoms with van der Waals surface area (Å²) in [5.41, 5.74) is 0.788. The number of nitrogens with zero attached hydrogens (tertiary/aromatic N) is 1. The van der Waals surface area contributed by atoms with Crippen molar-refractivity contribution >= 4 is 23.4 Å². The zero-order valence-electron chi connectivity index (χ0n) is 13.1. The molecule has 0 radical (unpaired) electrons. The zero-order chi connectivity index (χ0) is 16.7. The highest BCUT2D eigenvalue weighted by Gasteiger charge is 2.21. The summed E-state index contributed by atoms with van der Waals surface area (Å²) in [6.07, 6.45) is 1.43. The lowest BCUT2D eigenvalue weighted by Crippen LogP contribution is -2.36. The van der Waals surface area contributed by atoms with Gasteiger partial charge < -0.3 is 20.3 Å². The van der Waals surface area contributed by atoms with Gasteiger partial charge in [0.2, 0.25) is 11.8 Å². The van der Waals surface area contributed by atoms with E-state index in [1.165, 1.54) is 6.92 Å². The molecule has 124 valence electrons. The van der Waals surface area contributed by atoms with Crippen molar-refractivity contribution in [2.45, 2.75) is 19.8 Å². The number of nitrogens with one attached hydrogen (secondary N) is 2. The van der Waals surface area contributed by atoms with Gasteiger partial charge in [-0.05, 0) is 18.6 Å². The van der Waals surface area contributed by atoms with Gasteiger partial charge in [-0.25, -0.2) is 0 Å². The van der Waals surface area contributed by atoms with Crippen LogP contribution < -0.4 is 20.3 Å². The van der Waals surface area contributed by atoms with Crippen LogP contribution in [0.2, 0.25) is 0 Å². The molecule has 3 amide bonds. The number of anilines is 1. The minimum absolute atomic E-state index is 0.109. The molecule has 0 bridgehead atoms. The molecule has 1 heterocycles. The number of ether oxygens (including phenoxy) is 1. The van der Waals surface area contributed by atoms with Gasteiger partial charge in [-0.3, -0.25) is 14.4 Å². The van der Waals surface area contributed by atoms with Crippen LogP contribution in [0.15, 0.2) is 24.3 Å². The number of carbonyl (C=O) groups excluding carboxylic acids is 3. The Labute approximate surface area is 135 Å². The molecule has 7 heteroatoms. The van der Waals surface area contributed by atoms with Gasteiger partial charge in [0.1, 0.15) is 5.75 Å². The monoisotopic (exact) mass is 319 g/mol. The van der Waals surface area contributed by atoms with E-state index in [1.807, 2.05) is 6.07 Å². The van der Waals surface area contributed by atoms with Crippen molar-refractivity contribution in [1.82, 2.24) is 10.6 Å². The van der Waals surface area contributed by atoms with Gasteiger partial charge >= 0.3 is 0 Å². The third-order valence-electron chi connectivity index (χ3n) is 3.39. The minimum Gasteiger partial charge on any atom is -0.484 e. The summed E-state index contributed by atoms with van der Waals surface area (Å²) in [6.45, 7) is 2.75. The fourth-order valence-corrected chi connectivity index (χ4v) is 2.30. The predicted octanol–water partition coefficient (Wildman–Crippen LogP) is 0.445.